The lowest BCUT2D eigenvalue weighted by Crippen LogP contribution is -2.33. The molecule has 1 fully saturated rings. The van der Waals surface area contributed by atoms with Crippen LogP contribution < -0.4 is 16.0 Å². The van der Waals surface area contributed by atoms with Gasteiger partial charge in [-0.05, 0) is 54.2 Å². The Bertz CT molecular complexity index is 910. The van der Waals surface area contributed by atoms with Gasteiger partial charge in [0.25, 0.3) is 11.8 Å². The Hall–Kier alpha value is -3.15. The van der Waals surface area contributed by atoms with E-state index in [4.69, 9.17) is 0 Å². The van der Waals surface area contributed by atoms with E-state index >= 15 is 0 Å². The minimum absolute atomic E-state index is 0.0129. The van der Waals surface area contributed by atoms with E-state index in [1.165, 1.54) is 0 Å². The number of anilines is 1. The highest BCUT2D eigenvalue weighted by Gasteiger charge is 2.23. The molecule has 0 spiro atoms. The van der Waals surface area contributed by atoms with Crippen LogP contribution >= 0.6 is 0 Å². The molecule has 152 valence electrons. The van der Waals surface area contributed by atoms with Crippen LogP contribution in [0.1, 0.15) is 59.9 Å². The van der Waals surface area contributed by atoms with Crippen LogP contribution in [0, 0.1) is 0 Å². The number of amides is 3. The Balaban J connectivity index is 1.51. The lowest BCUT2D eigenvalue weighted by molar-refractivity contribution is -0.115. The Morgan fingerprint density at radius 1 is 0.931 bits per heavy atom. The molecular formula is C23H27N3O3. The van der Waals surface area contributed by atoms with E-state index in [1.807, 2.05) is 12.1 Å². The van der Waals surface area contributed by atoms with Crippen molar-refractivity contribution >= 4 is 23.4 Å². The molecule has 1 aliphatic carbocycles. The van der Waals surface area contributed by atoms with Gasteiger partial charge in [-0.15, -0.1) is 0 Å². The van der Waals surface area contributed by atoms with Crippen LogP contribution in [0.15, 0.2) is 48.5 Å². The maximum absolute atomic E-state index is 12.3. The van der Waals surface area contributed by atoms with E-state index in [-0.39, 0.29) is 35.7 Å². The molecule has 6 nitrogen and oxygen atoms in total. The number of hydrogen-bond donors (Lipinski definition) is 3. The molecule has 0 unspecified atom stereocenters. The van der Waals surface area contributed by atoms with Crippen LogP contribution in [0.25, 0.3) is 0 Å². The molecule has 0 radical (unpaired) electrons. The topological polar surface area (TPSA) is 87.3 Å². The van der Waals surface area contributed by atoms with E-state index < -0.39 is 0 Å². The largest absolute Gasteiger partial charge is 0.349 e. The van der Waals surface area contributed by atoms with E-state index in [1.54, 1.807) is 36.4 Å². The highest BCUT2D eigenvalue weighted by molar-refractivity contribution is 6.00. The minimum Gasteiger partial charge on any atom is -0.349 e. The van der Waals surface area contributed by atoms with Crippen molar-refractivity contribution in [2.45, 2.75) is 45.1 Å². The van der Waals surface area contributed by atoms with Crippen molar-refractivity contribution in [2.24, 2.45) is 0 Å². The summed E-state index contributed by atoms with van der Waals surface area (Å²) in [7, 11) is 0. The van der Waals surface area contributed by atoms with Crippen LogP contribution in [0.5, 0.6) is 0 Å². The van der Waals surface area contributed by atoms with Crippen LogP contribution in [0.4, 0.5) is 5.69 Å². The fourth-order valence-electron chi connectivity index (χ4n) is 2.82. The quantitative estimate of drug-likeness (QED) is 0.704. The van der Waals surface area contributed by atoms with Gasteiger partial charge in [0.2, 0.25) is 5.91 Å². The average Bonchev–Trinajstić information content (AvgIpc) is 3.49. The molecule has 0 saturated heterocycles. The first kappa shape index (κ1) is 20.6. The zero-order valence-corrected chi connectivity index (χ0v) is 17.0. The van der Waals surface area contributed by atoms with Gasteiger partial charge in [-0.3, -0.25) is 14.4 Å². The molecular weight excluding hydrogens is 366 g/mol. The summed E-state index contributed by atoms with van der Waals surface area (Å²) in [5.74, 6) is -0.807. The predicted octanol–water partition coefficient (Wildman–Crippen LogP) is 3.24. The highest BCUT2D eigenvalue weighted by Crippen LogP contribution is 2.22. The molecule has 0 aromatic heterocycles. The van der Waals surface area contributed by atoms with Crippen LogP contribution in [-0.2, 0) is 10.2 Å². The summed E-state index contributed by atoms with van der Waals surface area (Å²) in [6, 6.07) is 14.4. The smallest absolute Gasteiger partial charge is 0.251 e. The van der Waals surface area contributed by atoms with E-state index in [9.17, 15) is 14.4 Å². The molecule has 3 rings (SSSR count). The van der Waals surface area contributed by atoms with Gasteiger partial charge in [0.05, 0.1) is 6.54 Å². The summed E-state index contributed by atoms with van der Waals surface area (Å²) in [5.41, 5.74) is 2.67. The summed E-state index contributed by atoms with van der Waals surface area (Å²) in [6.45, 7) is 6.17. The van der Waals surface area contributed by atoms with Gasteiger partial charge >= 0.3 is 0 Å². The first-order valence-electron chi connectivity index (χ1n) is 9.82. The van der Waals surface area contributed by atoms with E-state index in [0.29, 0.717) is 16.8 Å². The summed E-state index contributed by atoms with van der Waals surface area (Å²) in [5, 5.41) is 8.24. The zero-order valence-electron chi connectivity index (χ0n) is 17.0. The van der Waals surface area contributed by atoms with Gasteiger partial charge < -0.3 is 16.0 Å². The number of benzene rings is 2. The van der Waals surface area contributed by atoms with Crippen molar-refractivity contribution in [3.05, 3.63) is 65.2 Å². The maximum atomic E-state index is 12.3. The number of rotatable bonds is 6. The SMILES string of the molecule is CC(C)(C)c1ccc(C(=O)NCC(=O)Nc2cccc(C(=O)NC3CC3)c2)cc1. The molecule has 2 aromatic carbocycles. The Morgan fingerprint density at radius 3 is 2.24 bits per heavy atom. The van der Waals surface area contributed by atoms with Crippen LogP contribution in [-0.4, -0.2) is 30.3 Å². The fourth-order valence-corrected chi connectivity index (χ4v) is 2.82. The molecule has 3 amide bonds. The summed E-state index contributed by atoms with van der Waals surface area (Å²) in [6.07, 6.45) is 2.03. The van der Waals surface area contributed by atoms with Crippen molar-refractivity contribution in [3.63, 3.8) is 0 Å². The summed E-state index contributed by atoms with van der Waals surface area (Å²) >= 11 is 0. The molecule has 0 bridgehead atoms. The first-order valence-corrected chi connectivity index (χ1v) is 9.82. The second kappa shape index (κ2) is 8.47. The Labute approximate surface area is 171 Å². The van der Waals surface area contributed by atoms with Crippen molar-refractivity contribution in [2.75, 3.05) is 11.9 Å². The number of hydrogen-bond acceptors (Lipinski definition) is 3. The van der Waals surface area contributed by atoms with E-state index in [0.717, 1.165) is 18.4 Å². The van der Waals surface area contributed by atoms with Gasteiger partial charge in [-0.2, -0.15) is 0 Å². The van der Waals surface area contributed by atoms with Gasteiger partial charge in [0.1, 0.15) is 0 Å². The van der Waals surface area contributed by atoms with Crippen molar-refractivity contribution in [3.8, 4) is 0 Å². The summed E-state index contributed by atoms with van der Waals surface area (Å²) in [4.78, 5) is 36.6. The fraction of sp³-hybridized carbons (Fsp3) is 0.348. The van der Waals surface area contributed by atoms with Crippen LogP contribution in [0.2, 0.25) is 0 Å². The molecule has 1 aliphatic rings. The molecule has 0 heterocycles. The second-order valence-electron chi connectivity index (χ2n) is 8.39. The lowest BCUT2D eigenvalue weighted by Gasteiger charge is -2.19. The zero-order chi connectivity index (χ0) is 21.0. The monoisotopic (exact) mass is 393 g/mol. The first-order chi connectivity index (χ1) is 13.7. The number of nitrogens with one attached hydrogen (secondary N) is 3. The van der Waals surface area contributed by atoms with Gasteiger partial charge in [0.15, 0.2) is 0 Å². The highest BCUT2D eigenvalue weighted by atomic mass is 16.2. The van der Waals surface area contributed by atoms with Crippen molar-refractivity contribution < 1.29 is 14.4 Å². The third kappa shape index (κ3) is 5.91. The molecule has 29 heavy (non-hydrogen) atoms. The molecule has 2 aromatic rings. The third-order valence-electron chi connectivity index (χ3n) is 4.74. The third-order valence-corrected chi connectivity index (χ3v) is 4.74. The molecule has 6 heteroatoms. The Kier molecular flexibility index (Phi) is 6.01. The second-order valence-corrected chi connectivity index (χ2v) is 8.39. The Morgan fingerprint density at radius 2 is 1.62 bits per heavy atom. The number of carbonyl (C=O) groups excluding carboxylic acids is 3. The predicted molar refractivity (Wildman–Crippen MR) is 113 cm³/mol. The normalized spacial score (nSPS) is 13.5. The van der Waals surface area contributed by atoms with Gasteiger partial charge in [-0.1, -0.05) is 39.0 Å². The lowest BCUT2D eigenvalue weighted by atomic mass is 9.87. The standard InChI is InChI=1S/C23H27N3O3/c1-23(2,3)17-9-7-15(8-10-17)21(28)24-14-20(27)25-19-6-4-5-16(13-19)22(29)26-18-11-12-18/h4-10,13,18H,11-12,14H2,1-3H3,(H,24,28)(H,25,27)(H,26,29). The maximum Gasteiger partial charge on any atom is 0.251 e. The minimum atomic E-state index is -0.357. The molecule has 0 aliphatic heterocycles. The molecule has 3 N–H and O–H groups in total. The van der Waals surface area contributed by atoms with E-state index in [2.05, 4.69) is 36.7 Å². The summed E-state index contributed by atoms with van der Waals surface area (Å²) < 4.78 is 0. The van der Waals surface area contributed by atoms with Crippen LogP contribution in [0.3, 0.4) is 0 Å². The average molecular weight is 393 g/mol. The van der Waals surface area contributed by atoms with Gasteiger partial charge in [-0.25, -0.2) is 0 Å². The van der Waals surface area contributed by atoms with Crippen molar-refractivity contribution in [1.82, 2.24) is 10.6 Å². The molecule has 1 saturated carbocycles. The number of carbonyl (C=O) groups is 3. The molecule has 0 atom stereocenters. The van der Waals surface area contributed by atoms with Gasteiger partial charge in [0, 0.05) is 22.9 Å². The van der Waals surface area contributed by atoms with Crippen molar-refractivity contribution in [1.29, 1.82) is 0 Å².